The number of carbonyl (C=O) groups is 5. The van der Waals surface area contributed by atoms with Crippen molar-refractivity contribution in [3.63, 3.8) is 0 Å². The zero-order valence-corrected chi connectivity index (χ0v) is 19.1. The van der Waals surface area contributed by atoms with Crippen molar-refractivity contribution in [3.05, 3.63) is 93.5 Å². The lowest BCUT2D eigenvalue weighted by atomic mass is 9.83. The molecule has 1 aliphatic heterocycles. The lowest BCUT2D eigenvalue weighted by Gasteiger charge is -2.30. The Bertz CT molecular complexity index is 1460. The molecular weight excluding hydrogens is 472 g/mol. The number of benzene rings is 3. The Hall–Kier alpha value is -4.30. The summed E-state index contributed by atoms with van der Waals surface area (Å²) in [6.07, 6.45) is -1.26. The third kappa shape index (κ3) is 3.68. The summed E-state index contributed by atoms with van der Waals surface area (Å²) < 4.78 is 5.36. The summed E-state index contributed by atoms with van der Waals surface area (Å²) in [5.74, 6) is -2.77. The Labute approximate surface area is 204 Å². The molecular formula is C26H17ClN2O6. The summed E-state index contributed by atoms with van der Waals surface area (Å²) in [5.41, 5.74) is 1.28. The second kappa shape index (κ2) is 8.48. The topological polar surface area (TPSA) is 110 Å². The highest BCUT2D eigenvalue weighted by molar-refractivity contribution is 6.41. The first-order valence-electron chi connectivity index (χ1n) is 10.7. The number of fused-ring (bicyclic) bond motifs is 3. The van der Waals surface area contributed by atoms with Gasteiger partial charge in [-0.1, -0.05) is 48.0 Å². The molecule has 0 radical (unpaired) electrons. The Morgan fingerprint density at radius 2 is 1.57 bits per heavy atom. The lowest BCUT2D eigenvalue weighted by molar-refractivity contribution is -0.128. The van der Waals surface area contributed by atoms with E-state index in [1.54, 1.807) is 42.5 Å². The van der Waals surface area contributed by atoms with E-state index in [1.165, 1.54) is 30.0 Å². The highest BCUT2D eigenvalue weighted by Gasteiger charge is 2.35. The van der Waals surface area contributed by atoms with E-state index in [1.807, 2.05) is 0 Å². The Morgan fingerprint density at radius 1 is 0.914 bits per heavy atom. The second-order valence-corrected chi connectivity index (χ2v) is 8.47. The molecule has 0 fully saturated rings. The quantitative estimate of drug-likeness (QED) is 0.441. The molecule has 1 aliphatic carbocycles. The van der Waals surface area contributed by atoms with Crippen LogP contribution in [0.5, 0.6) is 0 Å². The molecule has 0 bridgehead atoms. The van der Waals surface area contributed by atoms with Crippen LogP contribution in [-0.2, 0) is 14.3 Å². The van der Waals surface area contributed by atoms with Gasteiger partial charge in [-0.05, 0) is 31.2 Å². The molecule has 8 nitrogen and oxygen atoms in total. The van der Waals surface area contributed by atoms with Crippen molar-refractivity contribution in [2.24, 2.45) is 0 Å². The van der Waals surface area contributed by atoms with Crippen molar-refractivity contribution in [3.8, 4) is 0 Å². The zero-order valence-electron chi connectivity index (χ0n) is 18.3. The van der Waals surface area contributed by atoms with Gasteiger partial charge in [0.05, 0.1) is 27.5 Å². The molecule has 2 aliphatic rings. The van der Waals surface area contributed by atoms with E-state index >= 15 is 0 Å². The fourth-order valence-electron chi connectivity index (χ4n) is 4.23. The number of hydrogen-bond donors (Lipinski definition) is 1. The Morgan fingerprint density at radius 3 is 2.31 bits per heavy atom. The normalized spacial score (nSPS) is 14.9. The molecule has 174 valence electrons. The number of ether oxygens (including phenoxy) is 1. The van der Waals surface area contributed by atoms with Gasteiger partial charge < -0.3 is 10.1 Å². The van der Waals surface area contributed by atoms with Crippen LogP contribution in [0, 0.1) is 0 Å². The maximum absolute atomic E-state index is 13.1. The number of hydrogen-bond acceptors (Lipinski definition) is 6. The molecule has 0 saturated heterocycles. The number of nitrogens with zero attached hydrogens (tertiary/aromatic N) is 1. The minimum Gasteiger partial charge on any atom is -0.449 e. The highest BCUT2D eigenvalue weighted by atomic mass is 35.5. The molecule has 0 saturated carbocycles. The standard InChI is InChI=1S/C26H17ClN2O6/c1-13(25(33)29-12-20(30)28-18-8-4-5-9-19(18)29)35-26(34)17-11-10-16-21(22(17)27)24(32)15-7-3-2-6-14(15)23(16)31/h2-11,13H,12H2,1H3,(H,28,30). The van der Waals surface area contributed by atoms with E-state index in [2.05, 4.69) is 5.32 Å². The first-order chi connectivity index (χ1) is 16.8. The van der Waals surface area contributed by atoms with Gasteiger partial charge in [-0.25, -0.2) is 4.79 Å². The third-order valence-corrected chi connectivity index (χ3v) is 6.31. The van der Waals surface area contributed by atoms with E-state index in [0.717, 1.165) is 0 Å². The number of esters is 1. The van der Waals surface area contributed by atoms with Crippen molar-refractivity contribution >= 4 is 52.3 Å². The molecule has 2 amide bonds. The predicted molar refractivity (Wildman–Crippen MR) is 127 cm³/mol. The molecule has 5 rings (SSSR count). The Balaban J connectivity index is 1.41. The molecule has 9 heteroatoms. The van der Waals surface area contributed by atoms with Gasteiger partial charge in [-0.2, -0.15) is 0 Å². The fraction of sp³-hybridized carbons (Fsp3) is 0.115. The fourth-order valence-corrected chi connectivity index (χ4v) is 4.56. The number of amides is 2. The summed E-state index contributed by atoms with van der Waals surface area (Å²) >= 11 is 6.42. The van der Waals surface area contributed by atoms with Crippen LogP contribution in [0.3, 0.4) is 0 Å². The van der Waals surface area contributed by atoms with Gasteiger partial charge in [0.2, 0.25) is 5.91 Å². The van der Waals surface area contributed by atoms with Gasteiger partial charge in [0, 0.05) is 16.7 Å². The number of rotatable bonds is 3. The number of anilines is 2. The van der Waals surface area contributed by atoms with Gasteiger partial charge in [0.1, 0.15) is 6.54 Å². The van der Waals surface area contributed by atoms with Gasteiger partial charge in [-0.3, -0.25) is 24.1 Å². The number of para-hydroxylation sites is 2. The summed E-state index contributed by atoms with van der Waals surface area (Å²) in [7, 11) is 0. The van der Waals surface area contributed by atoms with Crippen molar-refractivity contribution in [2.45, 2.75) is 13.0 Å². The molecule has 0 spiro atoms. The Kier molecular flexibility index (Phi) is 5.45. The number of ketones is 2. The molecule has 1 atom stereocenters. The van der Waals surface area contributed by atoms with Gasteiger partial charge >= 0.3 is 5.97 Å². The minimum absolute atomic E-state index is 0.0783. The van der Waals surface area contributed by atoms with Crippen LogP contribution >= 0.6 is 11.6 Å². The average Bonchev–Trinajstić information content (AvgIpc) is 2.86. The zero-order chi connectivity index (χ0) is 24.9. The van der Waals surface area contributed by atoms with Gasteiger partial charge in [0.15, 0.2) is 17.7 Å². The van der Waals surface area contributed by atoms with Crippen LogP contribution in [0.4, 0.5) is 11.4 Å². The van der Waals surface area contributed by atoms with Crippen molar-refractivity contribution in [2.75, 3.05) is 16.8 Å². The SMILES string of the molecule is CC(OC(=O)c1ccc2c(c1Cl)C(=O)c1ccccc1C2=O)C(=O)N1CC(=O)Nc2ccccc21. The smallest absolute Gasteiger partial charge is 0.340 e. The summed E-state index contributed by atoms with van der Waals surface area (Å²) in [5, 5.41) is 2.46. The number of halogens is 1. The molecule has 3 aromatic rings. The van der Waals surface area contributed by atoms with Crippen LogP contribution < -0.4 is 10.2 Å². The van der Waals surface area contributed by atoms with E-state index in [9.17, 15) is 24.0 Å². The lowest BCUT2D eigenvalue weighted by Crippen LogP contribution is -2.47. The van der Waals surface area contributed by atoms with Gasteiger partial charge in [-0.15, -0.1) is 0 Å². The summed E-state index contributed by atoms with van der Waals surface area (Å²) in [6.45, 7) is 1.15. The van der Waals surface area contributed by atoms with Crippen LogP contribution in [0.25, 0.3) is 0 Å². The summed E-state index contributed by atoms with van der Waals surface area (Å²) in [4.78, 5) is 65.2. The van der Waals surface area contributed by atoms with E-state index < -0.39 is 23.8 Å². The van der Waals surface area contributed by atoms with Crippen LogP contribution in [-0.4, -0.2) is 42.0 Å². The highest BCUT2D eigenvalue weighted by Crippen LogP contribution is 2.35. The summed E-state index contributed by atoms with van der Waals surface area (Å²) in [6, 6.07) is 15.8. The predicted octanol–water partition coefficient (Wildman–Crippen LogP) is 3.65. The van der Waals surface area contributed by atoms with Crippen LogP contribution in [0.1, 0.15) is 49.1 Å². The molecule has 3 aromatic carbocycles. The van der Waals surface area contributed by atoms with Crippen LogP contribution in [0.15, 0.2) is 60.7 Å². The first kappa shape index (κ1) is 22.5. The van der Waals surface area contributed by atoms with Crippen molar-refractivity contribution < 1.29 is 28.7 Å². The molecule has 1 N–H and O–H groups in total. The molecule has 35 heavy (non-hydrogen) atoms. The average molecular weight is 489 g/mol. The molecule has 1 heterocycles. The van der Waals surface area contributed by atoms with Crippen LogP contribution in [0.2, 0.25) is 5.02 Å². The maximum atomic E-state index is 13.1. The minimum atomic E-state index is -1.26. The number of carbonyl (C=O) groups excluding carboxylic acids is 5. The molecule has 1 unspecified atom stereocenters. The van der Waals surface area contributed by atoms with E-state index in [-0.39, 0.29) is 51.1 Å². The first-order valence-corrected chi connectivity index (χ1v) is 11.1. The van der Waals surface area contributed by atoms with E-state index in [4.69, 9.17) is 16.3 Å². The molecule has 0 aromatic heterocycles. The second-order valence-electron chi connectivity index (χ2n) is 8.09. The number of nitrogens with one attached hydrogen (secondary N) is 1. The van der Waals surface area contributed by atoms with Crippen molar-refractivity contribution in [1.82, 2.24) is 0 Å². The third-order valence-electron chi connectivity index (χ3n) is 5.92. The van der Waals surface area contributed by atoms with Crippen molar-refractivity contribution in [1.29, 1.82) is 0 Å². The largest absolute Gasteiger partial charge is 0.449 e. The maximum Gasteiger partial charge on any atom is 0.340 e. The van der Waals surface area contributed by atoms with E-state index in [0.29, 0.717) is 11.4 Å². The monoisotopic (exact) mass is 488 g/mol. The van der Waals surface area contributed by atoms with Gasteiger partial charge in [0.25, 0.3) is 5.91 Å².